The topological polar surface area (TPSA) is 74.1 Å². The van der Waals surface area contributed by atoms with Gasteiger partial charge in [-0.3, -0.25) is 4.79 Å². The molecular formula is C9H11N3O2. The van der Waals surface area contributed by atoms with Crippen molar-refractivity contribution in [1.82, 2.24) is 9.72 Å². The van der Waals surface area contributed by atoms with Gasteiger partial charge >= 0.3 is 0 Å². The zero-order valence-electron chi connectivity index (χ0n) is 7.80. The SMILES string of the molecule is CC(CN)n1ccc2oncc2c1=O. The lowest BCUT2D eigenvalue weighted by Gasteiger charge is -2.11. The summed E-state index contributed by atoms with van der Waals surface area (Å²) in [5.74, 6) is 0. The van der Waals surface area contributed by atoms with Crippen LogP contribution in [0.2, 0.25) is 0 Å². The van der Waals surface area contributed by atoms with Crippen molar-refractivity contribution >= 4 is 11.0 Å². The average molecular weight is 193 g/mol. The molecule has 14 heavy (non-hydrogen) atoms. The smallest absolute Gasteiger partial charge is 0.263 e. The van der Waals surface area contributed by atoms with Crippen molar-refractivity contribution < 1.29 is 4.52 Å². The van der Waals surface area contributed by atoms with E-state index >= 15 is 0 Å². The van der Waals surface area contributed by atoms with Crippen molar-refractivity contribution in [1.29, 1.82) is 0 Å². The van der Waals surface area contributed by atoms with Crippen molar-refractivity contribution in [3.8, 4) is 0 Å². The van der Waals surface area contributed by atoms with Gasteiger partial charge in [-0.05, 0) is 6.92 Å². The van der Waals surface area contributed by atoms with Crippen molar-refractivity contribution in [2.75, 3.05) is 6.54 Å². The van der Waals surface area contributed by atoms with Gasteiger partial charge in [-0.25, -0.2) is 0 Å². The van der Waals surface area contributed by atoms with Gasteiger partial charge in [0.1, 0.15) is 5.39 Å². The van der Waals surface area contributed by atoms with Gasteiger partial charge in [0.05, 0.1) is 6.20 Å². The van der Waals surface area contributed by atoms with Crippen LogP contribution < -0.4 is 11.3 Å². The van der Waals surface area contributed by atoms with E-state index in [-0.39, 0.29) is 11.6 Å². The second-order valence-electron chi connectivity index (χ2n) is 3.22. The third-order valence-electron chi connectivity index (χ3n) is 2.27. The first-order valence-corrected chi connectivity index (χ1v) is 4.39. The van der Waals surface area contributed by atoms with Crippen LogP contribution in [0.5, 0.6) is 0 Å². The van der Waals surface area contributed by atoms with Gasteiger partial charge in [-0.15, -0.1) is 0 Å². The number of hydrogen-bond donors (Lipinski definition) is 1. The number of fused-ring (bicyclic) bond motifs is 1. The molecule has 1 unspecified atom stereocenters. The Bertz CT molecular complexity index is 500. The monoisotopic (exact) mass is 193 g/mol. The summed E-state index contributed by atoms with van der Waals surface area (Å²) in [6.45, 7) is 2.32. The van der Waals surface area contributed by atoms with Gasteiger partial charge in [-0.2, -0.15) is 0 Å². The minimum absolute atomic E-state index is 0.0122. The molecule has 74 valence electrons. The van der Waals surface area contributed by atoms with E-state index in [1.165, 1.54) is 6.20 Å². The summed E-state index contributed by atoms with van der Waals surface area (Å²) in [4.78, 5) is 11.8. The Morgan fingerprint density at radius 2 is 2.50 bits per heavy atom. The molecule has 5 nitrogen and oxygen atoms in total. The molecule has 2 N–H and O–H groups in total. The molecule has 0 aromatic carbocycles. The molecule has 0 saturated carbocycles. The summed E-state index contributed by atoms with van der Waals surface area (Å²) >= 11 is 0. The zero-order valence-corrected chi connectivity index (χ0v) is 7.80. The molecule has 2 rings (SSSR count). The average Bonchev–Trinajstić information content (AvgIpc) is 2.66. The number of nitrogens with zero attached hydrogens (tertiary/aromatic N) is 2. The first-order chi connectivity index (χ1) is 6.74. The minimum atomic E-state index is -0.110. The van der Waals surface area contributed by atoms with Crippen molar-refractivity contribution in [2.45, 2.75) is 13.0 Å². The van der Waals surface area contributed by atoms with Crippen LogP contribution in [0.25, 0.3) is 11.0 Å². The van der Waals surface area contributed by atoms with Gasteiger partial charge in [-0.1, -0.05) is 5.16 Å². The molecule has 2 aromatic rings. The number of aromatic nitrogens is 2. The number of nitrogens with two attached hydrogens (primary N) is 1. The standard InChI is InChI=1S/C9H11N3O2/c1-6(4-10)12-3-2-8-7(9(12)13)5-11-14-8/h2-3,5-6H,4,10H2,1H3. The summed E-state index contributed by atoms with van der Waals surface area (Å²) in [6.07, 6.45) is 3.10. The highest BCUT2D eigenvalue weighted by Gasteiger charge is 2.09. The Hall–Kier alpha value is -1.62. The van der Waals surface area contributed by atoms with Gasteiger partial charge in [0, 0.05) is 24.8 Å². The lowest BCUT2D eigenvalue weighted by Crippen LogP contribution is -2.26. The number of rotatable bonds is 2. The molecule has 5 heteroatoms. The van der Waals surface area contributed by atoms with Crippen LogP contribution in [-0.4, -0.2) is 16.3 Å². The molecule has 0 fully saturated rings. The largest absolute Gasteiger partial charge is 0.356 e. The predicted molar refractivity (Wildman–Crippen MR) is 52.0 cm³/mol. The van der Waals surface area contributed by atoms with Crippen LogP contribution in [0.3, 0.4) is 0 Å². The third kappa shape index (κ3) is 1.22. The first-order valence-electron chi connectivity index (χ1n) is 4.39. The van der Waals surface area contributed by atoms with Crippen LogP contribution >= 0.6 is 0 Å². The maximum Gasteiger partial charge on any atom is 0.263 e. The lowest BCUT2D eigenvalue weighted by atomic mass is 10.3. The fourth-order valence-electron chi connectivity index (χ4n) is 1.34. The van der Waals surface area contributed by atoms with Crippen LogP contribution in [0.1, 0.15) is 13.0 Å². The predicted octanol–water partition coefficient (Wildman–Crippen LogP) is 0.509. The van der Waals surface area contributed by atoms with E-state index in [2.05, 4.69) is 5.16 Å². The van der Waals surface area contributed by atoms with Crippen molar-refractivity contribution in [3.63, 3.8) is 0 Å². The van der Waals surface area contributed by atoms with Crippen molar-refractivity contribution in [2.24, 2.45) is 5.73 Å². The van der Waals surface area contributed by atoms with E-state index in [1.54, 1.807) is 16.8 Å². The molecule has 2 heterocycles. The summed E-state index contributed by atoms with van der Waals surface area (Å²) in [7, 11) is 0. The van der Waals surface area contributed by atoms with E-state index < -0.39 is 0 Å². The Kier molecular flexibility index (Phi) is 2.09. The van der Waals surface area contributed by atoms with Crippen LogP contribution in [0.15, 0.2) is 27.8 Å². The second kappa shape index (κ2) is 3.26. The van der Waals surface area contributed by atoms with E-state index in [4.69, 9.17) is 10.3 Å². The molecule has 0 spiro atoms. The van der Waals surface area contributed by atoms with Crippen molar-refractivity contribution in [3.05, 3.63) is 28.8 Å². The van der Waals surface area contributed by atoms with E-state index in [9.17, 15) is 4.79 Å². The van der Waals surface area contributed by atoms with Crippen LogP contribution in [-0.2, 0) is 0 Å². The van der Waals surface area contributed by atoms with E-state index in [1.807, 2.05) is 6.92 Å². The lowest BCUT2D eigenvalue weighted by molar-refractivity contribution is 0.455. The fraction of sp³-hybridized carbons (Fsp3) is 0.333. The van der Waals surface area contributed by atoms with Crippen LogP contribution in [0, 0.1) is 0 Å². The summed E-state index contributed by atoms with van der Waals surface area (Å²) in [6, 6.07) is 1.71. The van der Waals surface area contributed by atoms with Crippen LogP contribution in [0.4, 0.5) is 0 Å². The molecule has 1 atom stereocenters. The molecule has 0 amide bonds. The van der Waals surface area contributed by atoms with Gasteiger partial charge in [0.25, 0.3) is 5.56 Å². The van der Waals surface area contributed by atoms with Gasteiger partial charge in [0.2, 0.25) is 0 Å². The Labute approximate surface area is 80.1 Å². The Morgan fingerprint density at radius 3 is 3.21 bits per heavy atom. The summed E-state index contributed by atoms with van der Waals surface area (Å²) in [5, 5.41) is 4.06. The van der Waals surface area contributed by atoms with Gasteiger partial charge in [0.15, 0.2) is 5.58 Å². The zero-order chi connectivity index (χ0) is 10.1. The molecular weight excluding hydrogens is 182 g/mol. The fourth-order valence-corrected chi connectivity index (χ4v) is 1.34. The molecule has 0 radical (unpaired) electrons. The quantitative estimate of drug-likeness (QED) is 0.754. The summed E-state index contributed by atoms with van der Waals surface area (Å²) < 4.78 is 6.46. The molecule has 0 aliphatic carbocycles. The molecule has 0 saturated heterocycles. The molecule has 2 aromatic heterocycles. The number of pyridine rings is 1. The Morgan fingerprint density at radius 1 is 1.71 bits per heavy atom. The van der Waals surface area contributed by atoms with E-state index in [0.29, 0.717) is 17.5 Å². The third-order valence-corrected chi connectivity index (χ3v) is 2.27. The highest BCUT2D eigenvalue weighted by molar-refractivity contribution is 5.74. The normalized spacial score (nSPS) is 13.3. The number of hydrogen-bond acceptors (Lipinski definition) is 4. The Balaban J connectivity index is 2.68. The maximum atomic E-state index is 11.8. The highest BCUT2D eigenvalue weighted by Crippen LogP contribution is 2.09. The molecule has 0 aliphatic heterocycles. The summed E-state index contributed by atoms with van der Waals surface area (Å²) in [5.41, 5.74) is 5.89. The maximum absolute atomic E-state index is 11.8. The van der Waals surface area contributed by atoms with Gasteiger partial charge < -0.3 is 14.8 Å². The second-order valence-corrected chi connectivity index (χ2v) is 3.22. The van der Waals surface area contributed by atoms with E-state index in [0.717, 1.165) is 0 Å². The molecule has 0 bridgehead atoms. The minimum Gasteiger partial charge on any atom is -0.356 e. The first kappa shape index (κ1) is 8.96. The molecule has 0 aliphatic rings. The highest BCUT2D eigenvalue weighted by atomic mass is 16.5.